The van der Waals surface area contributed by atoms with E-state index >= 15 is 0 Å². The molecule has 0 radical (unpaired) electrons. The molecule has 2 aromatic rings. The van der Waals surface area contributed by atoms with Crippen molar-refractivity contribution in [2.45, 2.75) is 38.2 Å². The smallest absolute Gasteiger partial charge is 0.315 e. The fraction of sp³-hybridized carbons (Fsp3) is 0.353. The molecular formula is C17H18N4O5. The monoisotopic (exact) mass is 358 g/mol. The first kappa shape index (κ1) is 17.6. The fourth-order valence-electron chi connectivity index (χ4n) is 2.92. The predicted molar refractivity (Wildman–Crippen MR) is 91.5 cm³/mol. The average Bonchev–Trinajstić information content (AvgIpc) is 3.10. The number of aromatic nitrogens is 2. The summed E-state index contributed by atoms with van der Waals surface area (Å²) in [4.78, 5) is 34.7. The van der Waals surface area contributed by atoms with Crippen LogP contribution in [0.3, 0.4) is 0 Å². The lowest BCUT2D eigenvalue weighted by molar-refractivity contribution is -0.384. The molecule has 9 nitrogen and oxygen atoms in total. The van der Waals surface area contributed by atoms with E-state index < -0.39 is 28.8 Å². The summed E-state index contributed by atoms with van der Waals surface area (Å²) in [6.07, 6.45) is 3.08. The molecule has 0 spiro atoms. The Bertz CT molecular complexity index is 830. The second-order valence-corrected chi connectivity index (χ2v) is 6.13. The number of aromatic amines is 1. The van der Waals surface area contributed by atoms with E-state index in [-0.39, 0.29) is 5.69 Å². The van der Waals surface area contributed by atoms with E-state index in [4.69, 9.17) is 4.74 Å². The van der Waals surface area contributed by atoms with Gasteiger partial charge in [0.1, 0.15) is 0 Å². The number of aryl methyl sites for hydroxylation is 1. The molecule has 0 aliphatic heterocycles. The number of hydrogen-bond acceptors (Lipinski definition) is 6. The van der Waals surface area contributed by atoms with Crippen LogP contribution in [0.1, 0.15) is 36.9 Å². The van der Waals surface area contributed by atoms with E-state index in [1.54, 1.807) is 6.20 Å². The van der Waals surface area contributed by atoms with E-state index in [9.17, 15) is 19.7 Å². The number of hydrogen-bond donors (Lipinski definition) is 2. The molecule has 9 heteroatoms. The number of amides is 1. The summed E-state index contributed by atoms with van der Waals surface area (Å²) in [6.45, 7) is 1.48. The molecule has 2 atom stereocenters. The maximum absolute atomic E-state index is 12.4. The van der Waals surface area contributed by atoms with Gasteiger partial charge in [-0.3, -0.25) is 24.8 Å². The molecule has 0 fully saturated rings. The average molecular weight is 358 g/mol. The zero-order chi connectivity index (χ0) is 18.7. The summed E-state index contributed by atoms with van der Waals surface area (Å²) in [5.41, 5.74) is 2.07. The number of benzene rings is 1. The van der Waals surface area contributed by atoms with Gasteiger partial charge in [0, 0.05) is 17.8 Å². The number of rotatable bonds is 5. The van der Waals surface area contributed by atoms with E-state index in [0.717, 1.165) is 24.1 Å². The van der Waals surface area contributed by atoms with Gasteiger partial charge in [-0.25, -0.2) is 0 Å². The van der Waals surface area contributed by atoms with Crippen molar-refractivity contribution in [2.75, 3.05) is 5.32 Å². The minimum atomic E-state index is -0.994. The summed E-state index contributed by atoms with van der Waals surface area (Å²) in [5.74, 6) is -1.43. The Balaban J connectivity index is 1.59. The first-order chi connectivity index (χ1) is 12.5. The summed E-state index contributed by atoms with van der Waals surface area (Å²) in [5, 5.41) is 20.0. The van der Waals surface area contributed by atoms with Crippen LogP contribution >= 0.6 is 0 Å². The summed E-state index contributed by atoms with van der Waals surface area (Å²) >= 11 is 0. The molecule has 136 valence electrons. The number of nitrogens with zero attached hydrogens (tertiary/aromatic N) is 2. The number of nitro groups is 1. The van der Waals surface area contributed by atoms with Gasteiger partial charge in [0.05, 0.1) is 22.7 Å². The van der Waals surface area contributed by atoms with Crippen LogP contribution in [0.15, 0.2) is 30.5 Å². The van der Waals surface area contributed by atoms with Crippen LogP contribution in [0.25, 0.3) is 0 Å². The second kappa shape index (κ2) is 7.34. The summed E-state index contributed by atoms with van der Waals surface area (Å²) in [6, 6.07) is 5.41. The topological polar surface area (TPSA) is 127 Å². The molecule has 1 aliphatic rings. The molecule has 3 rings (SSSR count). The molecule has 26 heavy (non-hydrogen) atoms. The minimum Gasteiger partial charge on any atom is -0.452 e. The molecule has 1 aromatic carbocycles. The Hall–Kier alpha value is -3.23. The van der Waals surface area contributed by atoms with E-state index in [1.807, 2.05) is 0 Å². The largest absolute Gasteiger partial charge is 0.452 e. The van der Waals surface area contributed by atoms with Crippen LogP contribution in [0.5, 0.6) is 0 Å². The number of anilines is 1. The van der Waals surface area contributed by atoms with Gasteiger partial charge >= 0.3 is 5.97 Å². The Morgan fingerprint density at radius 3 is 2.81 bits per heavy atom. The van der Waals surface area contributed by atoms with Crippen LogP contribution in [0.2, 0.25) is 0 Å². The molecular weight excluding hydrogens is 340 g/mol. The van der Waals surface area contributed by atoms with Crippen LogP contribution in [-0.4, -0.2) is 33.1 Å². The molecule has 0 unspecified atom stereocenters. The zero-order valence-corrected chi connectivity index (χ0v) is 14.1. The van der Waals surface area contributed by atoms with Crippen LogP contribution in [0, 0.1) is 10.1 Å². The third kappa shape index (κ3) is 3.71. The first-order valence-corrected chi connectivity index (χ1v) is 8.23. The maximum Gasteiger partial charge on any atom is 0.315 e. The zero-order valence-electron chi connectivity index (χ0n) is 14.1. The highest BCUT2D eigenvalue weighted by atomic mass is 16.6. The molecule has 0 saturated carbocycles. The Morgan fingerprint density at radius 2 is 2.12 bits per heavy atom. The lowest BCUT2D eigenvalue weighted by atomic mass is 9.88. The van der Waals surface area contributed by atoms with E-state index in [2.05, 4.69) is 15.5 Å². The Kier molecular flexibility index (Phi) is 4.97. The normalized spacial score (nSPS) is 17.0. The lowest BCUT2D eigenvalue weighted by Crippen LogP contribution is -2.32. The maximum atomic E-state index is 12.4. The number of fused-ring (bicyclic) bond motifs is 1. The third-order valence-electron chi connectivity index (χ3n) is 4.33. The number of H-pyrrole nitrogens is 1. The molecule has 1 aromatic heterocycles. The minimum absolute atomic E-state index is 0.0739. The van der Waals surface area contributed by atoms with Crippen molar-refractivity contribution in [1.82, 2.24) is 10.2 Å². The predicted octanol–water partition coefficient (Wildman–Crippen LogP) is 2.31. The number of non-ortho nitro benzene ring substituents is 1. The van der Waals surface area contributed by atoms with E-state index in [0.29, 0.717) is 12.1 Å². The molecule has 1 heterocycles. The molecule has 1 amide bonds. The van der Waals surface area contributed by atoms with Crippen molar-refractivity contribution < 1.29 is 19.2 Å². The summed E-state index contributed by atoms with van der Waals surface area (Å²) < 4.78 is 5.31. The SMILES string of the molecule is C[C@@H](OC(=O)[C@@H]1CCCc2cn[nH]c21)C(=O)Nc1ccc([N+](=O)[O-])cc1. The second-order valence-electron chi connectivity index (χ2n) is 6.13. The number of carbonyl (C=O) groups is 2. The van der Waals surface area contributed by atoms with Gasteiger partial charge in [-0.05, 0) is 43.9 Å². The highest BCUT2D eigenvalue weighted by molar-refractivity contribution is 5.95. The quantitative estimate of drug-likeness (QED) is 0.480. The van der Waals surface area contributed by atoms with Crippen molar-refractivity contribution in [3.63, 3.8) is 0 Å². The van der Waals surface area contributed by atoms with Gasteiger partial charge < -0.3 is 10.1 Å². The fourth-order valence-corrected chi connectivity index (χ4v) is 2.92. The molecule has 0 bridgehead atoms. The van der Waals surface area contributed by atoms with Gasteiger partial charge in [0.15, 0.2) is 6.10 Å². The summed E-state index contributed by atoms with van der Waals surface area (Å²) in [7, 11) is 0. The molecule has 0 saturated heterocycles. The first-order valence-electron chi connectivity index (χ1n) is 8.23. The lowest BCUT2D eigenvalue weighted by Gasteiger charge is -2.22. The molecule has 2 N–H and O–H groups in total. The van der Waals surface area contributed by atoms with Crippen LogP contribution < -0.4 is 5.32 Å². The van der Waals surface area contributed by atoms with Gasteiger partial charge in [-0.15, -0.1) is 0 Å². The van der Waals surface area contributed by atoms with Crippen LogP contribution in [-0.2, 0) is 20.7 Å². The number of esters is 1. The standard InChI is InChI=1S/C17H18N4O5/c1-10(16(22)19-12-5-7-13(8-6-12)21(24)25)26-17(23)14-4-2-3-11-9-18-20-15(11)14/h5-10,14H,2-4H2,1H3,(H,18,20)(H,19,22)/t10-,14-/m1/s1. The molecule has 1 aliphatic carbocycles. The van der Waals surface area contributed by atoms with Gasteiger partial charge in [0.25, 0.3) is 11.6 Å². The van der Waals surface area contributed by atoms with Crippen molar-refractivity contribution in [2.24, 2.45) is 0 Å². The van der Waals surface area contributed by atoms with Crippen LogP contribution in [0.4, 0.5) is 11.4 Å². The van der Waals surface area contributed by atoms with Gasteiger partial charge in [-0.2, -0.15) is 5.10 Å². The number of nitro benzene ring substituents is 1. The Labute approximate surface area is 148 Å². The third-order valence-corrected chi connectivity index (χ3v) is 4.33. The van der Waals surface area contributed by atoms with Crippen molar-refractivity contribution in [3.05, 3.63) is 51.8 Å². The van der Waals surface area contributed by atoms with Crippen molar-refractivity contribution in [3.8, 4) is 0 Å². The highest BCUT2D eigenvalue weighted by Gasteiger charge is 2.31. The highest BCUT2D eigenvalue weighted by Crippen LogP contribution is 2.31. The number of nitrogens with one attached hydrogen (secondary N) is 2. The number of ether oxygens (including phenoxy) is 1. The van der Waals surface area contributed by atoms with Gasteiger partial charge in [0.2, 0.25) is 0 Å². The number of carbonyl (C=O) groups excluding carboxylic acids is 2. The van der Waals surface area contributed by atoms with E-state index in [1.165, 1.54) is 31.2 Å². The van der Waals surface area contributed by atoms with Crippen molar-refractivity contribution in [1.29, 1.82) is 0 Å². The van der Waals surface area contributed by atoms with Crippen molar-refractivity contribution >= 4 is 23.3 Å². The Morgan fingerprint density at radius 1 is 1.38 bits per heavy atom. The van der Waals surface area contributed by atoms with Gasteiger partial charge in [-0.1, -0.05) is 0 Å².